The standard InChI is InChI=1S/C23H21Cl2N3O2/c1-23(2,3)28-21(29)18-11-15-13-6-4-5-7-17(13)26-19(15)20(27(18)22(28)30)14-9-8-12(24)10-16(14)25/h4-10,18,20,26H,11H2,1-3H3/t18-,20-/m0/s1. The molecule has 0 saturated carbocycles. The van der Waals surface area contributed by atoms with Gasteiger partial charge in [-0.3, -0.25) is 14.6 Å². The minimum Gasteiger partial charge on any atom is -0.356 e. The summed E-state index contributed by atoms with van der Waals surface area (Å²) in [4.78, 5) is 33.5. The first-order valence-electron chi connectivity index (χ1n) is 9.89. The largest absolute Gasteiger partial charge is 0.356 e. The van der Waals surface area contributed by atoms with Gasteiger partial charge in [-0.2, -0.15) is 0 Å². The SMILES string of the molecule is CC(C)(C)N1C(=O)[C@@H]2Cc3c([nH]c4ccccc34)[C@H](c3ccc(Cl)cc3Cl)N2C1=O. The number of carbonyl (C=O) groups excluding carboxylic acids is 2. The van der Waals surface area contributed by atoms with E-state index in [0.29, 0.717) is 16.5 Å². The lowest BCUT2D eigenvalue weighted by atomic mass is 9.89. The molecule has 30 heavy (non-hydrogen) atoms. The molecule has 0 aliphatic carbocycles. The maximum absolute atomic E-state index is 13.5. The molecule has 0 bridgehead atoms. The zero-order chi connectivity index (χ0) is 21.4. The number of para-hydroxylation sites is 1. The van der Waals surface area contributed by atoms with E-state index in [9.17, 15) is 9.59 Å². The zero-order valence-corrected chi connectivity index (χ0v) is 18.4. The first kappa shape index (κ1) is 19.5. The minimum atomic E-state index is -0.615. The van der Waals surface area contributed by atoms with Crippen LogP contribution < -0.4 is 0 Å². The molecule has 3 aromatic rings. The zero-order valence-electron chi connectivity index (χ0n) is 16.9. The van der Waals surface area contributed by atoms with E-state index in [1.807, 2.05) is 51.1 Å². The molecule has 0 radical (unpaired) electrons. The number of aromatic amines is 1. The van der Waals surface area contributed by atoms with Gasteiger partial charge in [0, 0.05) is 38.6 Å². The third-order valence-corrected chi connectivity index (χ3v) is 6.54. The number of H-pyrrole nitrogens is 1. The van der Waals surface area contributed by atoms with Gasteiger partial charge in [-0.15, -0.1) is 0 Å². The second-order valence-corrected chi connectivity index (χ2v) is 9.73. The Morgan fingerprint density at radius 2 is 1.80 bits per heavy atom. The van der Waals surface area contributed by atoms with Crippen LogP contribution in [0.4, 0.5) is 4.79 Å². The van der Waals surface area contributed by atoms with Gasteiger partial charge in [-0.05, 0) is 50.1 Å². The molecule has 2 aromatic carbocycles. The van der Waals surface area contributed by atoms with E-state index < -0.39 is 17.6 Å². The fourth-order valence-electron chi connectivity index (χ4n) is 4.74. The lowest BCUT2D eigenvalue weighted by molar-refractivity contribution is -0.131. The molecule has 5 rings (SSSR count). The van der Waals surface area contributed by atoms with Gasteiger partial charge >= 0.3 is 6.03 Å². The number of carbonyl (C=O) groups is 2. The Bertz CT molecular complexity index is 1210. The molecule has 1 aromatic heterocycles. The molecule has 3 heterocycles. The number of benzene rings is 2. The smallest absolute Gasteiger partial charge is 0.328 e. The molecule has 5 nitrogen and oxygen atoms in total. The monoisotopic (exact) mass is 441 g/mol. The average molecular weight is 442 g/mol. The molecule has 2 aliphatic rings. The molecule has 2 aliphatic heterocycles. The van der Waals surface area contributed by atoms with E-state index in [1.54, 1.807) is 17.0 Å². The molecule has 1 fully saturated rings. The lowest BCUT2D eigenvalue weighted by Crippen LogP contribution is -2.46. The summed E-state index contributed by atoms with van der Waals surface area (Å²) in [6, 6.07) is 11.9. The number of nitrogens with one attached hydrogen (secondary N) is 1. The molecular weight excluding hydrogens is 421 g/mol. The van der Waals surface area contributed by atoms with E-state index >= 15 is 0 Å². The highest BCUT2D eigenvalue weighted by atomic mass is 35.5. The number of amides is 3. The van der Waals surface area contributed by atoms with Crippen LogP contribution in [0.1, 0.15) is 43.6 Å². The summed E-state index contributed by atoms with van der Waals surface area (Å²) in [5.41, 5.74) is 3.06. The van der Waals surface area contributed by atoms with Crippen LogP contribution in [-0.4, -0.2) is 38.3 Å². The van der Waals surface area contributed by atoms with E-state index in [1.165, 1.54) is 4.90 Å². The normalized spacial score (nSPS) is 21.4. The molecule has 0 unspecified atom stereocenters. The van der Waals surface area contributed by atoms with Crippen LogP contribution in [0.25, 0.3) is 10.9 Å². The van der Waals surface area contributed by atoms with Gasteiger partial charge in [0.15, 0.2) is 0 Å². The second kappa shape index (κ2) is 6.50. The Hall–Kier alpha value is -2.50. The van der Waals surface area contributed by atoms with Gasteiger partial charge < -0.3 is 4.98 Å². The molecule has 1 saturated heterocycles. The summed E-state index contributed by atoms with van der Waals surface area (Å²) in [6.07, 6.45) is 0.470. The van der Waals surface area contributed by atoms with E-state index in [4.69, 9.17) is 23.2 Å². The number of fused-ring (bicyclic) bond motifs is 4. The van der Waals surface area contributed by atoms with Crippen LogP contribution in [0.2, 0.25) is 10.0 Å². The number of hydrogen-bond donors (Lipinski definition) is 1. The van der Waals surface area contributed by atoms with Gasteiger partial charge in [-0.25, -0.2) is 4.79 Å². The van der Waals surface area contributed by atoms with Crippen LogP contribution in [0.5, 0.6) is 0 Å². The number of rotatable bonds is 1. The fraction of sp³-hybridized carbons (Fsp3) is 0.304. The van der Waals surface area contributed by atoms with Crippen molar-refractivity contribution >= 4 is 46.0 Å². The van der Waals surface area contributed by atoms with E-state index in [-0.39, 0.29) is 11.9 Å². The summed E-state index contributed by atoms with van der Waals surface area (Å²) in [5, 5.41) is 2.05. The molecule has 7 heteroatoms. The predicted octanol–water partition coefficient (Wildman–Crippen LogP) is 5.55. The van der Waals surface area contributed by atoms with Crippen molar-refractivity contribution in [3.8, 4) is 0 Å². The van der Waals surface area contributed by atoms with Gasteiger partial charge in [0.05, 0.1) is 0 Å². The summed E-state index contributed by atoms with van der Waals surface area (Å²) < 4.78 is 0. The van der Waals surface area contributed by atoms with Crippen molar-refractivity contribution in [2.45, 2.75) is 44.8 Å². The van der Waals surface area contributed by atoms with Gasteiger partial charge in [0.1, 0.15) is 12.1 Å². The summed E-state index contributed by atoms with van der Waals surface area (Å²) in [7, 11) is 0. The van der Waals surface area contributed by atoms with Crippen molar-refractivity contribution in [2.24, 2.45) is 0 Å². The quantitative estimate of drug-likeness (QED) is 0.503. The van der Waals surface area contributed by atoms with Crippen molar-refractivity contribution in [2.75, 3.05) is 0 Å². The number of urea groups is 1. The third kappa shape index (κ3) is 2.69. The Kier molecular flexibility index (Phi) is 4.21. The van der Waals surface area contributed by atoms with Crippen LogP contribution in [0, 0.1) is 0 Å². The van der Waals surface area contributed by atoms with Crippen LogP contribution in [-0.2, 0) is 11.2 Å². The number of aromatic nitrogens is 1. The fourth-order valence-corrected chi connectivity index (χ4v) is 5.25. The van der Waals surface area contributed by atoms with Crippen molar-refractivity contribution < 1.29 is 9.59 Å². The first-order chi connectivity index (χ1) is 14.2. The molecule has 2 atom stereocenters. The predicted molar refractivity (Wildman–Crippen MR) is 118 cm³/mol. The topological polar surface area (TPSA) is 56.4 Å². The Morgan fingerprint density at radius 3 is 2.50 bits per heavy atom. The van der Waals surface area contributed by atoms with Crippen molar-refractivity contribution in [3.05, 3.63) is 69.3 Å². The Morgan fingerprint density at radius 1 is 1.07 bits per heavy atom. The Labute approximate surface area is 184 Å². The van der Waals surface area contributed by atoms with Gasteiger partial charge in [0.2, 0.25) is 0 Å². The number of imide groups is 1. The molecule has 3 amide bonds. The van der Waals surface area contributed by atoms with Crippen molar-refractivity contribution in [1.29, 1.82) is 0 Å². The Balaban J connectivity index is 1.77. The first-order valence-corrected chi connectivity index (χ1v) is 10.6. The van der Waals surface area contributed by atoms with E-state index in [2.05, 4.69) is 4.98 Å². The highest BCUT2D eigenvalue weighted by Crippen LogP contribution is 2.46. The van der Waals surface area contributed by atoms with Crippen molar-refractivity contribution in [3.63, 3.8) is 0 Å². The molecule has 1 N–H and O–H groups in total. The maximum atomic E-state index is 13.5. The number of nitrogens with zero attached hydrogens (tertiary/aromatic N) is 2. The highest BCUT2D eigenvalue weighted by molar-refractivity contribution is 6.35. The third-order valence-electron chi connectivity index (χ3n) is 5.98. The number of hydrogen-bond acceptors (Lipinski definition) is 2. The summed E-state index contributed by atoms with van der Waals surface area (Å²) >= 11 is 12.7. The average Bonchev–Trinajstić information content (AvgIpc) is 3.16. The van der Waals surface area contributed by atoms with Crippen LogP contribution in [0.15, 0.2) is 42.5 Å². The van der Waals surface area contributed by atoms with Gasteiger partial charge in [0.25, 0.3) is 5.91 Å². The molecular formula is C23H21Cl2N3O2. The number of halogens is 2. The summed E-state index contributed by atoms with van der Waals surface area (Å²) in [5.74, 6) is -0.168. The lowest BCUT2D eigenvalue weighted by Gasteiger charge is -2.36. The van der Waals surface area contributed by atoms with E-state index in [0.717, 1.165) is 27.7 Å². The highest BCUT2D eigenvalue weighted by Gasteiger charge is 2.55. The maximum Gasteiger partial charge on any atom is 0.328 e. The van der Waals surface area contributed by atoms with Crippen molar-refractivity contribution in [1.82, 2.24) is 14.8 Å². The van der Waals surface area contributed by atoms with Crippen LogP contribution in [0.3, 0.4) is 0 Å². The minimum absolute atomic E-state index is 0.168. The summed E-state index contributed by atoms with van der Waals surface area (Å²) in [6.45, 7) is 5.63. The second-order valence-electron chi connectivity index (χ2n) is 8.89. The van der Waals surface area contributed by atoms with Crippen LogP contribution >= 0.6 is 23.2 Å². The molecule has 0 spiro atoms. The van der Waals surface area contributed by atoms with Gasteiger partial charge in [-0.1, -0.05) is 47.5 Å². The molecule has 154 valence electrons.